The van der Waals surface area contributed by atoms with Gasteiger partial charge in [0.2, 0.25) is 0 Å². The first-order valence-electron chi connectivity index (χ1n) is 7.44. The lowest BCUT2D eigenvalue weighted by molar-refractivity contribution is 0.193. The smallest absolute Gasteiger partial charge is 0.165 e. The zero-order valence-electron chi connectivity index (χ0n) is 12.5. The molecule has 1 saturated heterocycles. The molecule has 112 valence electrons. The minimum atomic E-state index is -0.295. The van der Waals surface area contributed by atoms with Crippen LogP contribution in [0.4, 0.5) is 4.39 Å². The molecule has 1 aromatic carbocycles. The maximum atomic E-state index is 13.5. The van der Waals surface area contributed by atoms with Gasteiger partial charge in [-0.2, -0.15) is 0 Å². The van der Waals surface area contributed by atoms with Gasteiger partial charge in [0.05, 0.1) is 7.11 Å². The highest BCUT2D eigenvalue weighted by Crippen LogP contribution is 2.17. The monoisotopic (exact) mass is 280 g/mol. The van der Waals surface area contributed by atoms with E-state index in [-0.39, 0.29) is 5.82 Å². The Hall–Kier alpha value is -1.13. The molecule has 1 N–H and O–H groups in total. The first-order chi connectivity index (χ1) is 9.69. The molecule has 1 fully saturated rings. The molecule has 0 amide bonds. The largest absolute Gasteiger partial charge is 0.494 e. The number of nitrogens with one attached hydrogen (secondary N) is 1. The van der Waals surface area contributed by atoms with Crippen molar-refractivity contribution in [1.29, 1.82) is 0 Å². The van der Waals surface area contributed by atoms with Crippen LogP contribution in [0.15, 0.2) is 18.2 Å². The SMILES string of the molecule is COc1ccc(CNCCN2CCC(C)CC2)cc1F. The zero-order valence-corrected chi connectivity index (χ0v) is 12.5. The van der Waals surface area contributed by atoms with Gasteiger partial charge >= 0.3 is 0 Å². The lowest BCUT2D eigenvalue weighted by atomic mass is 9.99. The fraction of sp³-hybridized carbons (Fsp3) is 0.625. The molecule has 3 nitrogen and oxygen atoms in total. The Kier molecular flexibility index (Phi) is 5.80. The Balaban J connectivity index is 1.67. The third kappa shape index (κ3) is 4.46. The molecule has 2 rings (SSSR count). The summed E-state index contributed by atoms with van der Waals surface area (Å²) in [5, 5.41) is 3.38. The van der Waals surface area contributed by atoms with Gasteiger partial charge in [0.1, 0.15) is 0 Å². The van der Waals surface area contributed by atoms with Gasteiger partial charge in [-0.1, -0.05) is 13.0 Å². The molecule has 4 heteroatoms. The summed E-state index contributed by atoms with van der Waals surface area (Å²) in [6, 6.07) is 5.12. The third-order valence-corrected chi connectivity index (χ3v) is 4.03. The lowest BCUT2D eigenvalue weighted by Crippen LogP contribution is -2.37. The summed E-state index contributed by atoms with van der Waals surface area (Å²) in [7, 11) is 1.48. The number of methoxy groups -OCH3 is 1. The molecule has 1 aliphatic heterocycles. The van der Waals surface area contributed by atoms with Crippen LogP contribution < -0.4 is 10.1 Å². The fourth-order valence-corrected chi connectivity index (χ4v) is 2.58. The van der Waals surface area contributed by atoms with Crippen LogP contribution in [-0.4, -0.2) is 38.2 Å². The van der Waals surface area contributed by atoms with Crippen LogP contribution in [-0.2, 0) is 6.54 Å². The molecule has 0 spiro atoms. The lowest BCUT2D eigenvalue weighted by Gasteiger charge is -2.30. The molecule has 0 unspecified atom stereocenters. The van der Waals surface area contributed by atoms with Crippen LogP contribution in [0, 0.1) is 11.7 Å². The molecule has 0 atom stereocenters. The van der Waals surface area contributed by atoms with E-state index in [4.69, 9.17) is 4.74 Å². The average Bonchev–Trinajstić information content (AvgIpc) is 2.46. The average molecular weight is 280 g/mol. The first-order valence-corrected chi connectivity index (χ1v) is 7.44. The summed E-state index contributed by atoms with van der Waals surface area (Å²) in [6.45, 7) is 7.46. The number of benzene rings is 1. The highest BCUT2D eigenvalue weighted by molar-refractivity contribution is 5.29. The number of hydrogen-bond acceptors (Lipinski definition) is 3. The molecule has 1 aliphatic rings. The minimum absolute atomic E-state index is 0.295. The van der Waals surface area contributed by atoms with E-state index in [0.29, 0.717) is 12.3 Å². The number of halogens is 1. The first kappa shape index (κ1) is 15.3. The molecule has 0 radical (unpaired) electrons. The van der Waals surface area contributed by atoms with Crippen molar-refractivity contribution in [2.75, 3.05) is 33.3 Å². The van der Waals surface area contributed by atoms with Gasteiger partial charge in [0.15, 0.2) is 11.6 Å². The number of rotatable bonds is 6. The van der Waals surface area contributed by atoms with Gasteiger partial charge in [-0.15, -0.1) is 0 Å². The van der Waals surface area contributed by atoms with Crippen LogP contribution in [0.25, 0.3) is 0 Å². The van der Waals surface area contributed by atoms with Crippen molar-refractivity contribution >= 4 is 0 Å². The maximum Gasteiger partial charge on any atom is 0.165 e. The number of piperidine rings is 1. The molecule has 0 saturated carbocycles. The Labute approximate surface area is 121 Å². The normalized spacial score (nSPS) is 17.4. The van der Waals surface area contributed by atoms with Crippen molar-refractivity contribution in [3.63, 3.8) is 0 Å². The van der Waals surface area contributed by atoms with Crippen molar-refractivity contribution in [2.24, 2.45) is 5.92 Å². The van der Waals surface area contributed by atoms with Crippen molar-refractivity contribution in [1.82, 2.24) is 10.2 Å². The van der Waals surface area contributed by atoms with Gasteiger partial charge < -0.3 is 15.0 Å². The molecular weight excluding hydrogens is 255 g/mol. The molecular formula is C16H25FN2O. The number of hydrogen-bond donors (Lipinski definition) is 1. The van der Waals surface area contributed by atoms with E-state index in [0.717, 1.165) is 24.6 Å². The predicted molar refractivity (Wildman–Crippen MR) is 79.5 cm³/mol. The standard InChI is InChI=1S/C16H25FN2O/c1-13-5-8-19(9-6-13)10-7-18-12-14-3-4-16(20-2)15(17)11-14/h3-4,11,13,18H,5-10,12H2,1-2H3. The summed E-state index contributed by atoms with van der Waals surface area (Å²) < 4.78 is 18.4. The van der Waals surface area contributed by atoms with E-state index < -0.39 is 0 Å². The fourth-order valence-electron chi connectivity index (χ4n) is 2.58. The quantitative estimate of drug-likeness (QED) is 0.811. The molecule has 1 aromatic rings. The highest BCUT2D eigenvalue weighted by atomic mass is 19.1. The van der Waals surface area contributed by atoms with E-state index in [9.17, 15) is 4.39 Å². The topological polar surface area (TPSA) is 24.5 Å². The molecule has 0 bridgehead atoms. The van der Waals surface area contributed by atoms with Crippen molar-refractivity contribution in [2.45, 2.75) is 26.3 Å². The van der Waals surface area contributed by atoms with E-state index in [1.807, 2.05) is 6.07 Å². The van der Waals surface area contributed by atoms with E-state index in [1.165, 1.54) is 39.1 Å². The highest BCUT2D eigenvalue weighted by Gasteiger charge is 2.14. The summed E-state index contributed by atoms with van der Waals surface area (Å²) in [5.74, 6) is 0.884. The van der Waals surface area contributed by atoms with Gasteiger partial charge in [-0.25, -0.2) is 4.39 Å². The Bertz CT molecular complexity index is 417. The van der Waals surface area contributed by atoms with Crippen LogP contribution in [0.5, 0.6) is 5.75 Å². The van der Waals surface area contributed by atoms with Gasteiger partial charge in [-0.05, 0) is 49.5 Å². The second-order valence-corrected chi connectivity index (χ2v) is 5.67. The summed E-state index contributed by atoms with van der Waals surface area (Å²) in [6.07, 6.45) is 2.62. The molecule has 0 aliphatic carbocycles. The summed E-state index contributed by atoms with van der Waals surface area (Å²) in [5.41, 5.74) is 0.954. The minimum Gasteiger partial charge on any atom is -0.494 e. The van der Waals surface area contributed by atoms with Crippen molar-refractivity contribution in [3.05, 3.63) is 29.6 Å². The van der Waals surface area contributed by atoms with Crippen LogP contribution >= 0.6 is 0 Å². The number of nitrogens with zero attached hydrogens (tertiary/aromatic N) is 1. The van der Waals surface area contributed by atoms with Crippen molar-refractivity contribution < 1.29 is 9.13 Å². The van der Waals surface area contributed by atoms with Crippen LogP contribution in [0.2, 0.25) is 0 Å². The van der Waals surface area contributed by atoms with Crippen molar-refractivity contribution in [3.8, 4) is 5.75 Å². The summed E-state index contributed by atoms with van der Waals surface area (Å²) >= 11 is 0. The van der Waals surface area contributed by atoms with Crippen LogP contribution in [0.1, 0.15) is 25.3 Å². The second-order valence-electron chi connectivity index (χ2n) is 5.67. The maximum absolute atomic E-state index is 13.5. The Morgan fingerprint density at radius 3 is 2.75 bits per heavy atom. The molecule has 20 heavy (non-hydrogen) atoms. The van der Waals surface area contributed by atoms with Crippen LogP contribution in [0.3, 0.4) is 0 Å². The number of ether oxygens (including phenoxy) is 1. The van der Waals surface area contributed by atoms with Gasteiger partial charge in [0.25, 0.3) is 0 Å². The Morgan fingerprint density at radius 1 is 1.35 bits per heavy atom. The predicted octanol–water partition coefficient (Wildman–Crippen LogP) is 2.66. The Morgan fingerprint density at radius 2 is 2.10 bits per heavy atom. The molecule has 0 aromatic heterocycles. The summed E-state index contributed by atoms with van der Waals surface area (Å²) in [4.78, 5) is 2.50. The van der Waals surface area contributed by atoms with Gasteiger partial charge in [-0.3, -0.25) is 0 Å². The van der Waals surface area contributed by atoms with E-state index in [1.54, 1.807) is 6.07 Å². The van der Waals surface area contributed by atoms with Gasteiger partial charge in [0, 0.05) is 19.6 Å². The molecule has 1 heterocycles. The second kappa shape index (κ2) is 7.60. The van der Waals surface area contributed by atoms with E-state index in [2.05, 4.69) is 17.1 Å². The van der Waals surface area contributed by atoms with E-state index >= 15 is 0 Å². The number of likely N-dealkylation sites (tertiary alicyclic amines) is 1. The zero-order chi connectivity index (χ0) is 14.4. The third-order valence-electron chi connectivity index (χ3n) is 4.03.